The molecule has 0 saturated heterocycles. The lowest BCUT2D eigenvalue weighted by atomic mass is 9.74. The zero-order valence-electron chi connectivity index (χ0n) is 22.3. The summed E-state index contributed by atoms with van der Waals surface area (Å²) >= 11 is 0. The topological polar surface area (TPSA) is 199 Å². The first-order valence-electron chi connectivity index (χ1n) is 12.7. The number of methoxy groups -OCH3 is 1. The van der Waals surface area contributed by atoms with Crippen molar-refractivity contribution in [3.63, 3.8) is 0 Å². The molecular weight excluding hydrogens is 548 g/mol. The van der Waals surface area contributed by atoms with Crippen molar-refractivity contribution >= 4 is 23.3 Å². The summed E-state index contributed by atoms with van der Waals surface area (Å²) < 4.78 is 4.96. The van der Waals surface area contributed by atoms with Gasteiger partial charge in [0, 0.05) is 29.2 Å². The number of benzene rings is 3. The third-order valence-corrected chi connectivity index (χ3v) is 7.44. The van der Waals surface area contributed by atoms with Crippen LogP contribution in [-0.2, 0) is 24.1 Å². The second-order valence-corrected chi connectivity index (χ2v) is 9.78. The molecule has 0 aromatic heterocycles. The molecule has 2 aliphatic carbocycles. The van der Waals surface area contributed by atoms with Gasteiger partial charge in [-0.05, 0) is 37.0 Å². The summed E-state index contributed by atoms with van der Waals surface area (Å²) in [7, 11) is 1.17. The van der Waals surface area contributed by atoms with Crippen molar-refractivity contribution in [2.24, 2.45) is 0 Å². The molecule has 0 bridgehead atoms. The molecule has 0 saturated carbocycles. The zero-order valence-corrected chi connectivity index (χ0v) is 22.3. The Morgan fingerprint density at radius 1 is 0.810 bits per heavy atom. The van der Waals surface area contributed by atoms with Crippen molar-refractivity contribution in [3.8, 4) is 45.6 Å². The molecule has 214 valence electrons. The molecule has 2 aliphatic rings. The molecule has 42 heavy (non-hydrogen) atoms. The number of carbonyl (C=O) groups excluding carboxylic acids is 3. The summed E-state index contributed by atoms with van der Waals surface area (Å²) in [4.78, 5) is 51.9. The Bertz CT molecular complexity index is 1830. The molecule has 0 atom stereocenters. The minimum absolute atomic E-state index is 0.000874. The van der Waals surface area contributed by atoms with E-state index in [1.165, 1.54) is 25.3 Å². The van der Waals surface area contributed by atoms with Gasteiger partial charge in [-0.1, -0.05) is 24.3 Å². The van der Waals surface area contributed by atoms with Crippen molar-refractivity contribution in [3.05, 3.63) is 80.9 Å². The number of rotatable bonds is 6. The third kappa shape index (κ3) is 3.97. The first-order valence-corrected chi connectivity index (χ1v) is 12.7. The van der Waals surface area contributed by atoms with Gasteiger partial charge >= 0.3 is 5.97 Å². The van der Waals surface area contributed by atoms with Gasteiger partial charge < -0.3 is 35.4 Å². The second kappa shape index (κ2) is 10.1. The maximum Gasteiger partial charge on any atom is 0.339 e. The van der Waals surface area contributed by atoms with E-state index in [9.17, 15) is 49.8 Å². The molecule has 3 aromatic rings. The van der Waals surface area contributed by atoms with Gasteiger partial charge in [0.1, 0.15) is 28.6 Å². The van der Waals surface area contributed by atoms with Gasteiger partial charge in [-0.3, -0.25) is 14.4 Å². The number of aromatic hydroxyl groups is 5. The van der Waals surface area contributed by atoms with Crippen molar-refractivity contribution < 1.29 is 54.6 Å². The largest absolute Gasteiger partial charge is 0.507 e. The minimum Gasteiger partial charge on any atom is -0.507 e. The van der Waals surface area contributed by atoms with Gasteiger partial charge in [0.05, 0.1) is 29.4 Å². The van der Waals surface area contributed by atoms with Gasteiger partial charge in [-0.15, -0.1) is 0 Å². The average Bonchev–Trinajstić information content (AvgIpc) is 2.93. The number of allylic oxidation sites excluding steroid dienone is 4. The number of aromatic carboxylic acids is 1. The lowest BCUT2D eigenvalue weighted by Crippen LogP contribution is -2.23. The number of carbonyl (C=O) groups is 4. The molecule has 5 rings (SSSR count). The van der Waals surface area contributed by atoms with Gasteiger partial charge in [0.2, 0.25) is 11.6 Å². The van der Waals surface area contributed by atoms with Crippen LogP contribution in [0.15, 0.2) is 36.4 Å². The highest BCUT2D eigenvalue weighted by Gasteiger charge is 2.43. The number of ketones is 3. The number of hydrogen-bond donors (Lipinski definition) is 6. The summed E-state index contributed by atoms with van der Waals surface area (Å²) in [5, 5.41) is 65.0. The Hall–Kier alpha value is -5.58. The summed E-state index contributed by atoms with van der Waals surface area (Å²) in [6, 6.07) is 2.33. The molecule has 11 nitrogen and oxygen atoms in total. The van der Waals surface area contributed by atoms with E-state index in [1.54, 1.807) is 19.1 Å². The molecule has 11 heteroatoms. The van der Waals surface area contributed by atoms with Crippen LogP contribution in [0.4, 0.5) is 0 Å². The lowest BCUT2D eigenvalue weighted by molar-refractivity contribution is -0.114. The van der Waals surface area contributed by atoms with E-state index in [2.05, 4.69) is 0 Å². The molecule has 0 amide bonds. The quantitative estimate of drug-likeness (QED) is 0.112. The number of ether oxygens (including phenoxy) is 1. The van der Waals surface area contributed by atoms with E-state index >= 15 is 0 Å². The van der Waals surface area contributed by atoms with Crippen LogP contribution >= 0.6 is 0 Å². The van der Waals surface area contributed by atoms with Crippen LogP contribution in [-0.4, -0.2) is 61.1 Å². The summed E-state index contributed by atoms with van der Waals surface area (Å²) in [5.41, 5.74) is -3.31. The predicted octanol–water partition coefficient (Wildman–Crippen LogP) is 3.71. The smallest absolute Gasteiger partial charge is 0.339 e. The molecule has 0 fully saturated rings. The standard InChI is InChI=1S/C31H24O11/c1-3-4-5-6-14(32)10-13-9-12-7-8-15-20(18(12)27(36)19(13)31(40)41)28(37)24-23(25(15)34)30(39)22-21(29(24)38)16(33)11-17(42-2)26(22)35/h3-6,9,11,33-37H,7-8,10H2,1-2H3,(H,40,41)/b4-3+,6-5+. The number of carboxylic acids is 1. The van der Waals surface area contributed by atoms with Gasteiger partial charge in [-0.2, -0.15) is 0 Å². The SMILES string of the molecule is C/C=C/C=C/C(=O)Cc1cc2c(c(O)c1C(=O)O)-c1c(O)c3c(c(O)c1CC2)C(=O)c1c(O)c(OC)cc(O)c1C3=O. The molecular formula is C31H24O11. The fourth-order valence-corrected chi connectivity index (χ4v) is 5.64. The van der Waals surface area contributed by atoms with Crippen LogP contribution in [0.2, 0.25) is 0 Å². The van der Waals surface area contributed by atoms with Gasteiger partial charge in [0.15, 0.2) is 17.3 Å². The Morgan fingerprint density at radius 2 is 1.45 bits per heavy atom. The zero-order chi connectivity index (χ0) is 30.6. The monoisotopic (exact) mass is 572 g/mol. The van der Waals surface area contributed by atoms with E-state index in [0.29, 0.717) is 5.56 Å². The fourth-order valence-electron chi connectivity index (χ4n) is 5.64. The molecule has 0 spiro atoms. The minimum atomic E-state index is -1.56. The Kier molecular flexibility index (Phi) is 6.73. The molecule has 0 unspecified atom stereocenters. The average molecular weight is 573 g/mol. The van der Waals surface area contributed by atoms with E-state index < -0.39 is 79.9 Å². The predicted molar refractivity (Wildman–Crippen MR) is 147 cm³/mol. The van der Waals surface area contributed by atoms with Crippen LogP contribution in [0.5, 0.6) is 34.5 Å². The van der Waals surface area contributed by atoms with Crippen LogP contribution < -0.4 is 4.74 Å². The van der Waals surface area contributed by atoms with Crippen molar-refractivity contribution in [2.45, 2.75) is 26.2 Å². The first kappa shape index (κ1) is 28.0. The maximum atomic E-state index is 13.6. The molecule has 0 radical (unpaired) electrons. The summed E-state index contributed by atoms with van der Waals surface area (Å²) in [5.74, 6) is -8.27. The van der Waals surface area contributed by atoms with E-state index in [1.807, 2.05) is 0 Å². The highest BCUT2D eigenvalue weighted by Crippen LogP contribution is 2.55. The van der Waals surface area contributed by atoms with E-state index in [4.69, 9.17) is 4.74 Å². The van der Waals surface area contributed by atoms with Crippen molar-refractivity contribution in [1.29, 1.82) is 0 Å². The van der Waals surface area contributed by atoms with Crippen molar-refractivity contribution in [2.75, 3.05) is 7.11 Å². The number of carboxylic acid groups (broad SMARTS) is 1. The Balaban J connectivity index is 1.76. The Labute approximate surface area is 237 Å². The molecule has 6 N–H and O–H groups in total. The van der Waals surface area contributed by atoms with Gasteiger partial charge in [0.25, 0.3) is 0 Å². The maximum absolute atomic E-state index is 13.6. The molecule has 0 aliphatic heterocycles. The van der Waals surface area contributed by atoms with Gasteiger partial charge in [-0.25, -0.2) is 4.79 Å². The highest BCUT2D eigenvalue weighted by molar-refractivity contribution is 6.33. The number of phenolic OH excluding ortho intramolecular Hbond substituents is 4. The lowest BCUT2D eigenvalue weighted by Gasteiger charge is -2.29. The fraction of sp³-hybridized carbons (Fsp3) is 0.161. The van der Waals surface area contributed by atoms with E-state index in [0.717, 1.165) is 6.07 Å². The second-order valence-electron chi connectivity index (χ2n) is 9.78. The van der Waals surface area contributed by atoms with Crippen LogP contribution in [0, 0.1) is 0 Å². The van der Waals surface area contributed by atoms with Crippen molar-refractivity contribution in [1.82, 2.24) is 0 Å². The number of phenols is 5. The first-order chi connectivity index (χ1) is 19.9. The highest BCUT2D eigenvalue weighted by atomic mass is 16.5. The molecule has 0 heterocycles. The van der Waals surface area contributed by atoms with E-state index in [-0.39, 0.29) is 47.3 Å². The molecule has 3 aromatic carbocycles. The number of fused-ring (bicyclic) bond motifs is 5. The number of aryl methyl sites for hydroxylation is 1. The number of hydrogen-bond acceptors (Lipinski definition) is 10. The van der Waals surface area contributed by atoms with Crippen LogP contribution in [0.3, 0.4) is 0 Å². The third-order valence-electron chi connectivity index (χ3n) is 7.44. The van der Waals surface area contributed by atoms with Crippen LogP contribution in [0.25, 0.3) is 11.1 Å². The van der Waals surface area contributed by atoms with Crippen LogP contribution in [0.1, 0.15) is 65.8 Å². The Morgan fingerprint density at radius 3 is 2.10 bits per heavy atom. The summed E-state index contributed by atoms with van der Waals surface area (Å²) in [6.45, 7) is 1.76. The normalized spacial score (nSPS) is 13.6. The summed E-state index contributed by atoms with van der Waals surface area (Å²) in [6.07, 6.45) is 5.83.